The normalized spacial score (nSPS) is 15.9. The molecular formula is C14H17ClN2O3S. The van der Waals surface area contributed by atoms with Gasteiger partial charge >= 0.3 is 12.0 Å². The second kappa shape index (κ2) is 6.58. The van der Waals surface area contributed by atoms with Crippen molar-refractivity contribution in [3.63, 3.8) is 0 Å². The predicted molar refractivity (Wildman–Crippen MR) is 85.5 cm³/mol. The molecule has 3 N–H and O–H groups in total. The van der Waals surface area contributed by atoms with Crippen LogP contribution in [0.2, 0.25) is 5.02 Å². The molecule has 0 atom stereocenters. The molecule has 114 valence electrons. The number of carboxylic acid groups (broad SMARTS) is 1. The summed E-state index contributed by atoms with van der Waals surface area (Å²) in [5.41, 5.74) is 0.371. The van der Waals surface area contributed by atoms with Gasteiger partial charge in [0.25, 0.3) is 0 Å². The number of hydrogen-bond acceptors (Lipinski definition) is 3. The van der Waals surface area contributed by atoms with Crippen molar-refractivity contribution in [2.24, 2.45) is 0 Å². The summed E-state index contributed by atoms with van der Waals surface area (Å²) in [4.78, 5) is 22.9. The highest BCUT2D eigenvalue weighted by atomic mass is 35.5. The van der Waals surface area contributed by atoms with Crippen molar-refractivity contribution < 1.29 is 14.7 Å². The molecule has 1 aliphatic carbocycles. The Hall–Kier alpha value is -1.40. The number of carbonyl (C=O) groups excluding carboxylic acids is 1. The maximum absolute atomic E-state index is 11.9. The van der Waals surface area contributed by atoms with Crippen LogP contribution in [-0.4, -0.2) is 34.7 Å². The van der Waals surface area contributed by atoms with E-state index in [1.807, 2.05) is 0 Å². The number of hydrogen-bond donors (Lipinski definition) is 3. The lowest BCUT2D eigenvalue weighted by Crippen LogP contribution is -2.46. The molecule has 21 heavy (non-hydrogen) atoms. The average Bonchev–Trinajstić information content (AvgIpc) is 2.40. The smallest absolute Gasteiger partial charge is 0.337 e. The van der Waals surface area contributed by atoms with Gasteiger partial charge in [-0.2, -0.15) is 11.8 Å². The number of nitrogens with one attached hydrogen (secondary N) is 2. The van der Waals surface area contributed by atoms with E-state index in [9.17, 15) is 9.59 Å². The van der Waals surface area contributed by atoms with Gasteiger partial charge in [-0.1, -0.05) is 18.0 Å². The molecule has 2 amide bonds. The third kappa shape index (κ3) is 3.83. The summed E-state index contributed by atoms with van der Waals surface area (Å²) in [5, 5.41) is 14.6. The van der Waals surface area contributed by atoms with E-state index in [-0.39, 0.29) is 21.4 Å². The van der Waals surface area contributed by atoms with Crippen LogP contribution in [0.1, 0.15) is 29.6 Å². The van der Waals surface area contributed by atoms with Gasteiger partial charge in [0.05, 0.1) is 10.6 Å². The largest absolute Gasteiger partial charge is 0.478 e. The zero-order valence-corrected chi connectivity index (χ0v) is 13.2. The Labute approximate surface area is 132 Å². The van der Waals surface area contributed by atoms with Gasteiger partial charge < -0.3 is 15.7 Å². The lowest BCUT2D eigenvalue weighted by Gasteiger charge is -2.40. The maximum Gasteiger partial charge on any atom is 0.337 e. The van der Waals surface area contributed by atoms with Crippen molar-refractivity contribution in [2.45, 2.75) is 24.0 Å². The summed E-state index contributed by atoms with van der Waals surface area (Å²) in [6, 6.07) is 4.03. The van der Waals surface area contributed by atoms with E-state index in [0.717, 1.165) is 12.8 Å². The molecule has 0 bridgehead atoms. The van der Waals surface area contributed by atoms with E-state index < -0.39 is 5.97 Å². The Bertz CT molecular complexity index is 556. The minimum atomic E-state index is -1.13. The quantitative estimate of drug-likeness (QED) is 0.773. The summed E-state index contributed by atoms with van der Waals surface area (Å²) >= 11 is 7.56. The molecule has 0 spiro atoms. The molecule has 0 heterocycles. The van der Waals surface area contributed by atoms with Crippen LogP contribution in [-0.2, 0) is 0 Å². The van der Waals surface area contributed by atoms with Crippen LogP contribution in [0, 0.1) is 0 Å². The van der Waals surface area contributed by atoms with E-state index >= 15 is 0 Å². The molecule has 2 rings (SSSR count). The number of aromatic carboxylic acids is 1. The Morgan fingerprint density at radius 2 is 2.14 bits per heavy atom. The first-order valence-corrected chi connectivity index (χ1v) is 8.19. The summed E-state index contributed by atoms with van der Waals surface area (Å²) < 4.78 is 0.156. The van der Waals surface area contributed by atoms with Crippen LogP contribution in [0.3, 0.4) is 0 Å². The number of thioether (sulfide) groups is 1. The van der Waals surface area contributed by atoms with E-state index in [0.29, 0.717) is 12.2 Å². The third-order valence-corrected chi connectivity index (χ3v) is 5.47. The lowest BCUT2D eigenvalue weighted by molar-refractivity contribution is 0.0697. The molecule has 0 saturated heterocycles. The van der Waals surface area contributed by atoms with E-state index in [4.69, 9.17) is 16.7 Å². The second-order valence-corrected chi connectivity index (χ2v) is 6.73. The first kappa shape index (κ1) is 16.0. The van der Waals surface area contributed by atoms with Crippen LogP contribution in [0.5, 0.6) is 0 Å². The molecule has 1 fully saturated rings. The Balaban J connectivity index is 1.93. The van der Waals surface area contributed by atoms with Crippen molar-refractivity contribution in [1.29, 1.82) is 0 Å². The van der Waals surface area contributed by atoms with Crippen molar-refractivity contribution in [2.75, 3.05) is 18.1 Å². The molecule has 1 aromatic carbocycles. The molecule has 0 aromatic heterocycles. The summed E-state index contributed by atoms with van der Waals surface area (Å²) in [6.07, 6.45) is 5.47. The van der Waals surface area contributed by atoms with Crippen LogP contribution in [0.25, 0.3) is 0 Å². The SMILES string of the molecule is CSC1(CNC(=O)Nc2ccc(Cl)c(C(=O)O)c2)CCC1. The van der Waals surface area contributed by atoms with Crippen molar-refractivity contribution >= 4 is 41.1 Å². The van der Waals surface area contributed by atoms with E-state index in [1.165, 1.54) is 18.6 Å². The number of amides is 2. The molecule has 7 heteroatoms. The highest BCUT2D eigenvalue weighted by Crippen LogP contribution is 2.42. The van der Waals surface area contributed by atoms with Gasteiger partial charge in [0.15, 0.2) is 0 Å². The van der Waals surface area contributed by atoms with Crippen LogP contribution in [0.4, 0.5) is 10.5 Å². The Morgan fingerprint density at radius 3 is 2.67 bits per heavy atom. The van der Waals surface area contributed by atoms with E-state index in [2.05, 4.69) is 16.9 Å². The van der Waals surface area contributed by atoms with Crippen LogP contribution >= 0.6 is 23.4 Å². The first-order chi connectivity index (χ1) is 9.96. The second-order valence-electron chi connectivity index (χ2n) is 5.05. The minimum absolute atomic E-state index is 0.0333. The Morgan fingerprint density at radius 1 is 1.43 bits per heavy atom. The highest BCUT2D eigenvalue weighted by Gasteiger charge is 2.36. The summed E-state index contributed by atoms with van der Waals surface area (Å²) in [7, 11) is 0. The predicted octanol–water partition coefficient (Wildman–Crippen LogP) is 3.45. The molecule has 0 radical (unpaired) electrons. The molecule has 0 aliphatic heterocycles. The van der Waals surface area contributed by atoms with Gasteiger partial charge in [0, 0.05) is 17.0 Å². The number of benzene rings is 1. The van der Waals surface area contributed by atoms with Crippen molar-refractivity contribution in [1.82, 2.24) is 5.32 Å². The zero-order chi connectivity index (χ0) is 15.5. The van der Waals surface area contributed by atoms with Gasteiger partial charge in [0.1, 0.15) is 0 Å². The number of rotatable bonds is 5. The maximum atomic E-state index is 11.9. The number of halogens is 1. The van der Waals surface area contributed by atoms with Gasteiger partial charge in [-0.05, 0) is 37.3 Å². The van der Waals surface area contributed by atoms with Gasteiger partial charge in [-0.3, -0.25) is 0 Å². The summed E-state index contributed by atoms with van der Waals surface area (Å²) in [6.45, 7) is 0.610. The first-order valence-electron chi connectivity index (χ1n) is 6.59. The molecule has 1 aliphatic rings. The molecule has 0 unspecified atom stereocenters. The standard InChI is InChI=1S/C14H17ClN2O3S/c1-21-14(5-2-6-14)8-16-13(20)17-9-3-4-11(15)10(7-9)12(18)19/h3-4,7H,2,5-6,8H2,1H3,(H,18,19)(H2,16,17,20). The topological polar surface area (TPSA) is 78.4 Å². The van der Waals surface area contributed by atoms with Crippen molar-refractivity contribution in [3.8, 4) is 0 Å². The fourth-order valence-electron chi connectivity index (χ4n) is 2.21. The summed E-state index contributed by atoms with van der Waals surface area (Å²) in [5.74, 6) is -1.13. The highest BCUT2D eigenvalue weighted by molar-refractivity contribution is 8.00. The molecule has 1 aromatic rings. The Kier molecular flexibility index (Phi) is 5.00. The molecular weight excluding hydrogens is 312 g/mol. The fourth-order valence-corrected chi connectivity index (χ4v) is 3.32. The monoisotopic (exact) mass is 328 g/mol. The lowest BCUT2D eigenvalue weighted by atomic mass is 9.84. The number of carboxylic acids is 1. The molecule has 1 saturated carbocycles. The van der Waals surface area contributed by atoms with Crippen LogP contribution < -0.4 is 10.6 Å². The number of urea groups is 1. The van der Waals surface area contributed by atoms with Crippen LogP contribution in [0.15, 0.2) is 18.2 Å². The molecule has 5 nitrogen and oxygen atoms in total. The van der Waals surface area contributed by atoms with Gasteiger partial charge in [-0.15, -0.1) is 0 Å². The van der Waals surface area contributed by atoms with E-state index in [1.54, 1.807) is 17.8 Å². The minimum Gasteiger partial charge on any atom is -0.478 e. The van der Waals surface area contributed by atoms with Crippen molar-refractivity contribution in [3.05, 3.63) is 28.8 Å². The fraction of sp³-hybridized carbons (Fsp3) is 0.429. The number of anilines is 1. The number of carbonyl (C=O) groups is 2. The zero-order valence-electron chi connectivity index (χ0n) is 11.6. The third-order valence-electron chi connectivity index (χ3n) is 3.72. The average molecular weight is 329 g/mol. The van der Waals surface area contributed by atoms with Gasteiger partial charge in [0.2, 0.25) is 0 Å². The van der Waals surface area contributed by atoms with Gasteiger partial charge in [-0.25, -0.2) is 9.59 Å².